The van der Waals surface area contributed by atoms with E-state index in [1.165, 1.54) is 10.8 Å². The van der Waals surface area contributed by atoms with Crippen LogP contribution in [0.3, 0.4) is 0 Å². The molecule has 0 saturated carbocycles. The van der Waals surface area contributed by atoms with Crippen LogP contribution in [0.15, 0.2) is 201 Å². The Morgan fingerprint density at radius 3 is 1.88 bits per heavy atom. The Labute approximate surface area is 339 Å². The number of benzene rings is 7. The fraction of sp³-hybridized carbons (Fsp3) is 0. The predicted molar refractivity (Wildman–Crippen MR) is 242 cm³/mol. The molecule has 59 heavy (non-hydrogen) atoms. The zero-order valence-corrected chi connectivity index (χ0v) is 31.9. The third kappa shape index (κ3) is 5.59. The van der Waals surface area contributed by atoms with E-state index in [2.05, 4.69) is 160 Å². The number of fused-ring (bicyclic) bond motifs is 8. The van der Waals surface area contributed by atoms with E-state index in [0.29, 0.717) is 17.5 Å². The molecule has 278 valence electrons. The lowest BCUT2D eigenvalue weighted by Gasteiger charge is -2.12. The van der Waals surface area contributed by atoms with E-state index in [-0.39, 0.29) is 0 Å². The van der Waals surface area contributed by atoms with Gasteiger partial charge in [0.15, 0.2) is 17.5 Å². The normalized spacial score (nSPS) is 12.0. The summed E-state index contributed by atoms with van der Waals surface area (Å²) in [6, 6.07) is 59.3. The molecule has 7 heteroatoms. The minimum Gasteiger partial charge on any atom is -0.309 e. The number of para-hydroxylation sites is 4. The largest absolute Gasteiger partial charge is 0.309 e. The monoisotopic (exact) mass is 757 g/mol. The average molecular weight is 758 g/mol. The number of nitrogens with zero attached hydrogens (tertiary/aromatic N) is 7. The van der Waals surface area contributed by atoms with Crippen LogP contribution in [0.25, 0.3) is 101 Å². The molecule has 0 spiro atoms. The van der Waals surface area contributed by atoms with E-state index < -0.39 is 0 Å². The Hall–Kier alpha value is -8.16. The number of hydrogen-bond acceptors (Lipinski definition) is 4. The van der Waals surface area contributed by atoms with Gasteiger partial charge in [0.05, 0.1) is 33.1 Å². The van der Waals surface area contributed by atoms with Crippen molar-refractivity contribution >= 4 is 55.2 Å². The third-order valence-electron chi connectivity index (χ3n) is 11.0. The van der Waals surface area contributed by atoms with Crippen LogP contribution >= 0.6 is 0 Å². The maximum atomic E-state index is 5.17. The summed E-state index contributed by atoms with van der Waals surface area (Å²) < 4.78 is 6.85. The van der Waals surface area contributed by atoms with Gasteiger partial charge in [-0.1, -0.05) is 135 Å². The van der Waals surface area contributed by atoms with Crippen LogP contribution < -0.4 is 0 Å². The van der Waals surface area contributed by atoms with Gasteiger partial charge in [-0.25, -0.2) is 19.9 Å². The van der Waals surface area contributed by atoms with Crippen LogP contribution in [-0.4, -0.2) is 33.5 Å². The first-order valence-corrected chi connectivity index (χ1v) is 19.6. The molecule has 4 heterocycles. The van der Waals surface area contributed by atoms with Gasteiger partial charge < -0.3 is 4.57 Å². The molecule has 0 aliphatic rings. The fourth-order valence-electron chi connectivity index (χ4n) is 8.34. The summed E-state index contributed by atoms with van der Waals surface area (Å²) in [7, 11) is 0. The van der Waals surface area contributed by atoms with Crippen LogP contribution in [-0.2, 0) is 0 Å². The second-order valence-electron chi connectivity index (χ2n) is 14.5. The fourth-order valence-corrected chi connectivity index (χ4v) is 8.34. The highest BCUT2D eigenvalue weighted by atomic mass is 15.2. The molecule has 4 aromatic heterocycles. The second-order valence-corrected chi connectivity index (χ2v) is 14.5. The Balaban J connectivity index is 1.05. The van der Waals surface area contributed by atoms with E-state index in [4.69, 9.17) is 19.9 Å². The average Bonchev–Trinajstić information content (AvgIpc) is 3.95. The van der Waals surface area contributed by atoms with Crippen LogP contribution in [0, 0.1) is 0 Å². The first-order chi connectivity index (χ1) is 29.2. The summed E-state index contributed by atoms with van der Waals surface area (Å²) in [5.74, 6) is 2.60. The van der Waals surface area contributed by atoms with Crippen molar-refractivity contribution in [3.8, 4) is 45.3 Å². The van der Waals surface area contributed by atoms with Gasteiger partial charge in [-0.15, -0.1) is 0 Å². The number of hydrogen-bond donors (Lipinski definition) is 0. The summed E-state index contributed by atoms with van der Waals surface area (Å²) in [5.41, 5.74) is 13.4. The summed E-state index contributed by atoms with van der Waals surface area (Å²) in [4.78, 5) is 19.9. The minimum absolute atomic E-state index is 0.537. The lowest BCUT2D eigenvalue weighted by molar-refractivity contribution is 1.04. The Bertz CT molecular complexity index is 3480. The van der Waals surface area contributed by atoms with Crippen molar-refractivity contribution in [2.24, 2.45) is 0 Å². The maximum Gasteiger partial charge on any atom is 0.220 e. The molecule has 0 N–H and O–H groups in total. The molecule has 0 unspecified atom stereocenters. The summed E-state index contributed by atoms with van der Waals surface area (Å²) >= 11 is 0. The quantitative estimate of drug-likeness (QED) is 0.145. The molecule has 11 rings (SSSR count). The van der Waals surface area contributed by atoms with Crippen LogP contribution in [0.2, 0.25) is 0 Å². The molecular formula is C52H35N7. The highest BCUT2D eigenvalue weighted by Gasteiger charge is 2.19. The van der Waals surface area contributed by atoms with Crippen LogP contribution in [0.4, 0.5) is 0 Å². The number of rotatable bonds is 8. The van der Waals surface area contributed by atoms with Gasteiger partial charge in [0.25, 0.3) is 0 Å². The molecule has 11 aromatic rings. The lowest BCUT2D eigenvalue weighted by Crippen LogP contribution is -2.03. The second kappa shape index (κ2) is 13.8. The maximum absolute atomic E-state index is 5.17. The van der Waals surface area contributed by atoms with E-state index in [9.17, 15) is 0 Å². The first-order valence-electron chi connectivity index (χ1n) is 19.6. The van der Waals surface area contributed by atoms with Gasteiger partial charge >= 0.3 is 0 Å². The van der Waals surface area contributed by atoms with Crippen molar-refractivity contribution < 1.29 is 0 Å². The zero-order valence-electron chi connectivity index (χ0n) is 31.9. The lowest BCUT2D eigenvalue weighted by atomic mass is 10.0. The molecule has 7 nitrogen and oxygen atoms in total. The van der Waals surface area contributed by atoms with E-state index in [0.717, 1.165) is 78.1 Å². The van der Waals surface area contributed by atoms with E-state index in [1.807, 2.05) is 42.5 Å². The Morgan fingerprint density at radius 1 is 0.441 bits per heavy atom. The predicted octanol–water partition coefficient (Wildman–Crippen LogP) is 12.5. The van der Waals surface area contributed by atoms with Gasteiger partial charge in [0.1, 0.15) is 0 Å². The molecule has 0 radical (unpaired) electrons. The van der Waals surface area contributed by atoms with Crippen molar-refractivity contribution in [3.05, 3.63) is 207 Å². The van der Waals surface area contributed by atoms with E-state index >= 15 is 0 Å². The molecule has 0 bridgehead atoms. The minimum atomic E-state index is 0.537. The molecule has 0 aliphatic carbocycles. The summed E-state index contributed by atoms with van der Waals surface area (Å²) in [6.07, 6.45) is 5.33. The van der Waals surface area contributed by atoms with Gasteiger partial charge in [-0.2, -0.15) is 0 Å². The first kappa shape index (κ1) is 34.1. The van der Waals surface area contributed by atoms with Crippen molar-refractivity contribution in [1.82, 2.24) is 33.5 Å². The van der Waals surface area contributed by atoms with Gasteiger partial charge in [0, 0.05) is 38.8 Å². The number of allylic oxidation sites excluding steroid dienone is 4. The smallest absolute Gasteiger partial charge is 0.220 e. The van der Waals surface area contributed by atoms with Crippen molar-refractivity contribution in [3.63, 3.8) is 0 Å². The standard InChI is InChI=1S/C52H35N7/c1-3-16-34(4-2)49-54-50(35-17-7-5-8-18-35)56-51(55-49)38-19-15-22-40(31-38)57-44-24-12-11-23-41(44)42-32-36(28-30-45(42)57)37-27-29-43-48(33-37)59-47-26-14-13-25-46(47)58(52(59)53-43)39-20-9-6-10-21-39/h3-33H,1-2H2/b34-16+. The molecule has 0 aliphatic heterocycles. The SMILES string of the molecule is C=C/C=C(\C=C)c1nc(-c2ccccc2)nc(-c2cccc(-n3c4ccccc4c4cc(-c5ccc6nc7n(-c8ccccc8)c8ccccc8n7c6c5)ccc43)c2)n1. The molecule has 0 saturated heterocycles. The Kier molecular flexibility index (Phi) is 7.98. The van der Waals surface area contributed by atoms with Crippen molar-refractivity contribution in [1.29, 1.82) is 0 Å². The van der Waals surface area contributed by atoms with E-state index in [1.54, 1.807) is 12.2 Å². The number of aromatic nitrogens is 7. The van der Waals surface area contributed by atoms with Crippen molar-refractivity contribution in [2.45, 2.75) is 0 Å². The molecule has 7 aromatic carbocycles. The van der Waals surface area contributed by atoms with Gasteiger partial charge in [-0.3, -0.25) is 8.97 Å². The zero-order chi connectivity index (χ0) is 39.5. The highest BCUT2D eigenvalue weighted by Crippen LogP contribution is 2.37. The molecule has 0 atom stereocenters. The van der Waals surface area contributed by atoms with Crippen LogP contribution in [0.1, 0.15) is 5.82 Å². The molecular weight excluding hydrogens is 723 g/mol. The van der Waals surface area contributed by atoms with Crippen molar-refractivity contribution in [2.75, 3.05) is 0 Å². The summed E-state index contributed by atoms with van der Waals surface area (Å²) in [6.45, 7) is 7.90. The molecule has 0 fully saturated rings. The Morgan fingerprint density at radius 2 is 1.08 bits per heavy atom. The summed E-state index contributed by atoms with van der Waals surface area (Å²) in [5, 5.41) is 2.34. The molecule has 0 amide bonds. The van der Waals surface area contributed by atoms with Gasteiger partial charge in [-0.05, 0) is 77.9 Å². The van der Waals surface area contributed by atoms with Gasteiger partial charge in [0.2, 0.25) is 5.78 Å². The van der Waals surface area contributed by atoms with Crippen LogP contribution in [0.5, 0.6) is 0 Å². The third-order valence-corrected chi connectivity index (χ3v) is 11.0. The number of imidazole rings is 2. The topological polar surface area (TPSA) is 65.8 Å². The highest BCUT2D eigenvalue weighted by molar-refractivity contribution is 6.10.